The van der Waals surface area contributed by atoms with Crippen LogP contribution in [-0.2, 0) is 0 Å². The number of carbonyl (C=O) groups is 1. The number of aromatic nitrogens is 1. The second-order valence-corrected chi connectivity index (χ2v) is 6.01. The standard InChI is InChI=1S/C13H19ClN4O/c1-13(2)5-3-4-10(13)17-12(19)8-6-9(14)11(18-15)16-7-8/h6-7,10H,3-5,15H2,1-2H3,(H,16,18)(H,17,19). The Balaban J connectivity index is 2.10. The van der Waals surface area contributed by atoms with E-state index in [2.05, 4.69) is 29.6 Å². The second kappa shape index (κ2) is 5.35. The minimum atomic E-state index is -0.141. The Morgan fingerprint density at radius 1 is 1.58 bits per heavy atom. The summed E-state index contributed by atoms with van der Waals surface area (Å²) in [5.41, 5.74) is 2.97. The molecule has 0 aromatic carbocycles. The van der Waals surface area contributed by atoms with Crippen LogP contribution in [0.3, 0.4) is 0 Å². The molecule has 1 unspecified atom stereocenters. The van der Waals surface area contributed by atoms with Crippen LogP contribution in [0.25, 0.3) is 0 Å². The number of nitrogens with one attached hydrogen (secondary N) is 2. The van der Waals surface area contributed by atoms with E-state index in [1.54, 1.807) is 6.07 Å². The summed E-state index contributed by atoms with van der Waals surface area (Å²) in [5, 5.41) is 3.39. The fourth-order valence-corrected chi connectivity index (χ4v) is 2.73. The van der Waals surface area contributed by atoms with Crippen LogP contribution in [0.1, 0.15) is 43.5 Å². The van der Waals surface area contributed by atoms with Crippen molar-refractivity contribution in [3.8, 4) is 0 Å². The first kappa shape index (κ1) is 14.1. The molecule has 4 N–H and O–H groups in total. The highest BCUT2D eigenvalue weighted by Gasteiger charge is 2.35. The Kier molecular flexibility index (Phi) is 3.96. The molecule has 1 saturated carbocycles. The molecule has 1 aliphatic carbocycles. The third-order valence-corrected chi connectivity index (χ3v) is 4.09. The smallest absolute Gasteiger partial charge is 0.253 e. The molecule has 5 nitrogen and oxygen atoms in total. The molecule has 6 heteroatoms. The molecule has 0 radical (unpaired) electrons. The number of amides is 1. The Morgan fingerprint density at radius 2 is 2.32 bits per heavy atom. The molecule has 19 heavy (non-hydrogen) atoms. The third kappa shape index (κ3) is 2.98. The zero-order chi connectivity index (χ0) is 14.0. The molecule has 0 bridgehead atoms. The number of carbonyl (C=O) groups excluding carboxylic acids is 1. The molecule has 1 heterocycles. The summed E-state index contributed by atoms with van der Waals surface area (Å²) >= 11 is 5.96. The van der Waals surface area contributed by atoms with Crippen molar-refractivity contribution >= 4 is 23.3 Å². The number of hydrogen-bond donors (Lipinski definition) is 3. The maximum Gasteiger partial charge on any atom is 0.253 e. The summed E-state index contributed by atoms with van der Waals surface area (Å²) in [6.07, 6.45) is 4.76. The van der Waals surface area contributed by atoms with Gasteiger partial charge in [-0.1, -0.05) is 31.9 Å². The van der Waals surface area contributed by atoms with Gasteiger partial charge in [-0.25, -0.2) is 10.8 Å². The number of anilines is 1. The van der Waals surface area contributed by atoms with Crippen molar-refractivity contribution in [2.75, 3.05) is 5.43 Å². The van der Waals surface area contributed by atoms with Crippen molar-refractivity contribution in [3.63, 3.8) is 0 Å². The second-order valence-electron chi connectivity index (χ2n) is 5.61. The fraction of sp³-hybridized carbons (Fsp3) is 0.538. The van der Waals surface area contributed by atoms with E-state index >= 15 is 0 Å². The number of hydrazine groups is 1. The lowest BCUT2D eigenvalue weighted by molar-refractivity contribution is 0.0909. The first-order chi connectivity index (χ1) is 8.94. The highest BCUT2D eigenvalue weighted by atomic mass is 35.5. The van der Waals surface area contributed by atoms with Crippen molar-refractivity contribution in [2.24, 2.45) is 11.3 Å². The third-order valence-electron chi connectivity index (χ3n) is 3.80. The molecule has 1 atom stereocenters. The van der Waals surface area contributed by atoms with E-state index in [1.165, 1.54) is 6.20 Å². The predicted molar refractivity (Wildman–Crippen MR) is 75.9 cm³/mol. The van der Waals surface area contributed by atoms with E-state index < -0.39 is 0 Å². The quantitative estimate of drug-likeness (QED) is 0.587. The van der Waals surface area contributed by atoms with Crippen LogP contribution in [0, 0.1) is 5.41 Å². The van der Waals surface area contributed by atoms with Gasteiger partial charge in [0.05, 0.1) is 10.6 Å². The SMILES string of the molecule is CC1(C)CCCC1NC(=O)c1cnc(NN)c(Cl)c1. The molecular weight excluding hydrogens is 264 g/mol. The van der Waals surface area contributed by atoms with Crippen LogP contribution in [-0.4, -0.2) is 16.9 Å². The van der Waals surface area contributed by atoms with Crippen LogP contribution >= 0.6 is 11.6 Å². The topological polar surface area (TPSA) is 80.0 Å². The zero-order valence-electron chi connectivity index (χ0n) is 11.2. The van der Waals surface area contributed by atoms with Crippen molar-refractivity contribution in [1.82, 2.24) is 10.3 Å². The summed E-state index contributed by atoms with van der Waals surface area (Å²) < 4.78 is 0. The van der Waals surface area contributed by atoms with Gasteiger partial charge in [0.25, 0.3) is 5.91 Å². The molecule has 1 aliphatic rings. The number of nitrogens with zero attached hydrogens (tertiary/aromatic N) is 1. The maximum atomic E-state index is 12.2. The number of rotatable bonds is 3. The van der Waals surface area contributed by atoms with Gasteiger partial charge in [-0.15, -0.1) is 0 Å². The summed E-state index contributed by atoms with van der Waals surface area (Å²) in [6.45, 7) is 4.36. The Hall–Kier alpha value is -1.33. The largest absolute Gasteiger partial charge is 0.349 e. The van der Waals surface area contributed by atoms with Gasteiger partial charge >= 0.3 is 0 Å². The van der Waals surface area contributed by atoms with E-state index in [1.807, 2.05) is 0 Å². The number of nitrogens with two attached hydrogens (primary N) is 1. The molecule has 1 amide bonds. The first-order valence-electron chi connectivity index (χ1n) is 6.37. The average molecular weight is 283 g/mol. The number of pyridine rings is 1. The van der Waals surface area contributed by atoms with Gasteiger partial charge in [0, 0.05) is 12.2 Å². The molecule has 1 aromatic rings. The predicted octanol–water partition coefficient (Wildman–Crippen LogP) is 2.33. The summed E-state index contributed by atoms with van der Waals surface area (Å²) in [7, 11) is 0. The van der Waals surface area contributed by atoms with Gasteiger partial charge in [-0.05, 0) is 24.3 Å². The zero-order valence-corrected chi connectivity index (χ0v) is 11.9. The normalized spacial score (nSPS) is 21.2. The molecule has 0 spiro atoms. The van der Waals surface area contributed by atoms with E-state index in [-0.39, 0.29) is 17.4 Å². The molecule has 2 rings (SSSR count). The summed E-state index contributed by atoms with van der Waals surface area (Å²) in [6, 6.07) is 1.77. The number of halogens is 1. The fourth-order valence-electron chi connectivity index (χ4n) is 2.50. The van der Waals surface area contributed by atoms with Gasteiger partial charge in [0.1, 0.15) is 0 Å². The van der Waals surface area contributed by atoms with E-state index in [9.17, 15) is 4.79 Å². The van der Waals surface area contributed by atoms with Crippen molar-refractivity contribution in [1.29, 1.82) is 0 Å². The monoisotopic (exact) mass is 282 g/mol. The van der Waals surface area contributed by atoms with E-state index in [0.29, 0.717) is 16.4 Å². The number of nitrogen functional groups attached to an aromatic ring is 1. The average Bonchev–Trinajstić information content (AvgIpc) is 2.68. The lowest BCUT2D eigenvalue weighted by atomic mass is 9.87. The van der Waals surface area contributed by atoms with Crippen LogP contribution in [0.5, 0.6) is 0 Å². The van der Waals surface area contributed by atoms with Gasteiger partial charge in [0.2, 0.25) is 0 Å². The van der Waals surface area contributed by atoms with E-state index in [0.717, 1.165) is 19.3 Å². The molecular formula is C13H19ClN4O. The highest BCUT2D eigenvalue weighted by molar-refractivity contribution is 6.33. The van der Waals surface area contributed by atoms with Gasteiger partial charge in [-0.2, -0.15) is 0 Å². The molecule has 0 aliphatic heterocycles. The van der Waals surface area contributed by atoms with Crippen molar-refractivity contribution in [2.45, 2.75) is 39.2 Å². The van der Waals surface area contributed by atoms with Crippen molar-refractivity contribution < 1.29 is 4.79 Å². The Bertz CT molecular complexity index is 490. The minimum absolute atomic E-state index is 0.141. The summed E-state index contributed by atoms with van der Waals surface area (Å²) in [4.78, 5) is 16.2. The van der Waals surface area contributed by atoms with Crippen LogP contribution in [0.15, 0.2) is 12.3 Å². The van der Waals surface area contributed by atoms with Gasteiger partial charge < -0.3 is 10.7 Å². The van der Waals surface area contributed by atoms with Gasteiger partial charge in [-0.3, -0.25) is 4.79 Å². The molecule has 1 aromatic heterocycles. The molecule has 1 fully saturated rings. The van der Waals surface area contributed by atoms with Crippen LogP contribution < -0.4 is 16.6 Å². The lowest BCUT2D eigenvalue weighted by Gasteiger charge is -2.27. The Morgan fingerprint density at radius 3 is 2.84 bits per heavy atom. The van der Waals surface area contributed by atoms with Crippen molar-refractivity contribution in [3.05, 3.63) is 22.8 Å². The molecule has 104 valence electrons. The Labute approximate surface area is 117 Å². The van der Waals surface area contributed by atoms with Crippen LogP contribution in [0.4, 0.5) is 5.82 Å². The van der Waals surface area contributed by atoms with Crippen LogP contribution in [0.2, 0.25) is 5.02 Å². The van der Waals surface area contributed by atoms with E-state index in [4.69, 9.17) is 17.4 Å². The summed E-state index contributed by atoms with van der Waals surface area (Å²) in [5.74, 6) is 5.47. The first-order valence-corrected chi connectivity index (χ1v) is 6.75. The highest BCUT2D eigenvalue weighted by Crippen LogP contribution is 2.37. The number of hydrogen-bond acceptors (Lipinski definition) is 4. The molecule has 0 saturated heterocycles. The minimum Gasteiger partial charge on any atom is -0.349 e. The maximum absolute atomic E-state index is 12.2. The van der Waals surface area contributed by atoms with Gasteiger partial charge in [0.15, 0.2) is 5.82 Å². The lowest BCUT2D eigenvalue weighted by Crippen LogP contribution is -2.41.